The molecule has 0 aromatic heterocycles. The molecule has 1 heterocycles. The maximum Gasteiger partial charge on any atom is 0.338 e. The number of nitrogens with zero attached hydrogens (tertiary/aromatic N) is 1. The number of likely N-dealkylation sites (tertiary alicyclic amines) is 1. The van der Waals surface area contributed by atoms with Gasteiger partial charge in [-0.05, 0) is 67.7 Å². The summed E-state index contributed by atoms with van der Waals surface area (Å²) in [6.45, 7) is 6.83. The van der Waals surface area contributed by atoms with Crippen LogP contribution in [0.15, 0.2) is 18.2 Å². The molecule has 1 aliphatic heterocycles. The number of fused-ring (bicyclic) bond motifs is 2. The minimum Gasteiger partial charge on any atom is -0.493 e. The Kier molecular flexibility index (Phi) is 6.12. The van der Waals surface area contributed by atoms with Crippen LogP contribution in [0.25, 0.3) is 0 Å². The first-order chi connectivity index (χ1) is 19.2. The lowest BCUT2D eigenvalue weighted by molar-refractivity contribution is -0.270. The van der Waals surface area contributed by atoms with Crippen molar-refractivity contribution in [3.8, 4) is 11.5 Å². The van der Waals surface area contributed by atoms with Gasteiger partial charge in [-0.15, -0.1) is 0 Å². The highest BCUT2D eigenvalue weighted by atomic mass is 16.6. The van der Waals surface area contributed by atoms with Crippen LogP contribution in [-0.2, 0) is 14.2 Å². The highest BCUT2D eigenvalue weighted by molar-refractivity contribution is 5.90. The average Bonchev–Trinajstić information content (AvgIpc) is 3.42. The van der Waals surface area contributed by atoms with Crippen LogP contribution in [0.3, 0.4) is 0 Å². The predicted octanol–water partition coefficient (Wildman–Crippen LogP) is 3.79. The fourth-order valence-electron chi connectivity index (χ4n) is 11.6. The van der Waals surface area contributed by atoms with Gasteiger partial charge in [0.2, 0.25) is 0 Å². The van der Waals surface area contributed by atoms with Gasteiger partial charge in [-0.3, -0.25) is 4.90 Å². The third-order valence-corrected chi connectivity index (χ3v) is 12.8. The molecule has 8 heteroatoms. The number of carbonyl (C=O) groups excluding carboxylic acids is 1. The molecule has 8 nitrogen and oxygen atoms in total. The minimum atomic E-state index is -0.953. The fourth-order valence-corrected chi connectivity index (χ4v) is 11.6. The second-order valence-electron chi connectivity index (χ2n) is 13.8. The van der Waals surface area contributed by atoms with Crippen LogP contribution in [0, 0.1) is 40.4 Å². The van der Waals surface area contributed by atoms with E-state index in [9.17, 15) is 9.90 Å². The van der Waals surface area contributed by atoms with E-state index in [1.807, 2.05) is 7.11 Å². The number of hydrogen-bond donors (Lipinski definition) is 1. The molecule has 7 rings (SSSR count). The molecular weight excluding hydrogens is 510 g/mol. The molecule has 6 aliphatic rings. The molecule has 1 aromatic rings. The first kappa shape index (κ1) is 27.0. The molecular formula is C32H45NO7. The fraction of sp³-hybridized carbons (Fsp3) is 0.781. The van der Waals surface area contributed by atoms with Gasteiger partial charge in [0.1, 0.15) is 6.10 Å². The molecule has 1 aromatic carbocycles. The smallest absolute Gasteiger partial charge is 0.338 e. The lowest BCUT2D eigenvalue weighted by atomic mass is 9.43. The molecule has 1 spiro atoms. The standard InChI is InChI=1S/C32H45NO7/c1-7-33-16-30(2)11-10-25(39-6)32-19-13-18-23(38-5)15-31(35,20(28(32)33)14-24(30)32)26(19)27(18)40-29(34)17-8-9-21(36-3)22(12-17)37-4/h8-9,12,18-20,23-28,35H,7,10-11,13-16H2,1-6H3/t18-,19-,20+,23+,24-,25+,26-,27+,28?,30+,31+,32-/m1/s1. The van der Waals surface area contributed by atoms with E-state index in [4.69, 9.17) is 23.7 Å². The van der Waals surface area contributed by atoms with Crippen LogP contribution in [0.1, 0.15) is 56.3 Å². The number of esters is 1. The van der Waals surface area contributed by atoms with Gasteiger partial charge >= 0.3 is 5.97 Å². The number of carbonyl (C=O) groups is 1. The topological polar surface area (TPSA) is 86.7 Å². The van der Waals surface area contributed by atoms with E-state index in [1.54, 1.807) is 39.5 Å². The lowest BCUT2D eigenvalue weighted by Crippen LogP contribution is -2.75. The van der Waals surface area contributed by atoms with Gasteiger partial charge in [0.25, 0.3) is 0 Å². The van der Waals surface area contributed by atoms with Crippen molar-refractivity contribution in [2.24, 2.45) is 40.4 Å². The van der Waals surface area contributed by atoms with Crippen LogP contribution in [0.5, 0.6) is 11.5 Å². The summed E-state index contributed by atoms with van der Waals surface area (Å²) in [7, 11) is 6.76. The van der Waals surface area contributed by atoms with E-state index in [0.717, 1.165) is 38.8 Å². The largest absolute Gasteiger partial charge is 0.493 e. The van der Waals surface area contributed by atoms with Crippen LogP contribution in [0.4, 0.5) is 0 Å². The van der Waals surface area contributed by atoms with Crippen molar-refractivity contribution in [2.75, 3.05) is 41.5 Å². The van der Waals surface area contributed by atoms with Crippen LogP contribution in [-0.4, -0.2) is 87.5 Å². The summed E-state index contributed by atoms with van der Waals surface area (Å²) in [6.07, 6.45) is 4.31. The number of hydrogen-bond acceptors (Lipinski definition) is 8. The molecule has 1 unspecified atom stereocenters. The predicted molar refractivity (Wildman–Crippen MR) is 147 cm³/mol. The molecule has 220 valence electrons. The van der Waals surface area contributed by atoms with Gasteiger partial charge in [-0.25, -0.2) is 4.79 Å². The van der Waals surface area contributed by atoms with Crippen molar-refractivity contribution in [3.63, 3.8) is 0 Å². The Balaban J connectivity index is 1.32. The Morgan fingerprint density at radius 1 is 1.07 bits per heavy atom. The van der Waals surface area contributed by atoms with Gasteiger partial charge in [-0.2, -0.15) is 0 Å². The third-order valence-electron chi connectivity index (χ3n) is 12.8. The van der Waals surface area contributed by atoms with E-state index in [1.165, 1.54) is 0 Å². The normalized spacial score (nSPS) is 48.1. The second-order valence-corrected chi connectivity index (χ2v) is 13.8. The zero-order valence-electron chi connectivity index (χ0n) is 24.7. The molecule has 40 heavy (non-hydrogen) atoms. The van der Waals surface area contributed by atoms with Crippen molar-refractivity contribution < 1.29 is 33.6 Å². The van der Waals surface area contributed by atoms with Gasteiger partial charge in [0.15, 0.2) is 11.5 Å². The Labute approximate surface area is 237 Å². The maximum atomic E-state index is 13.7. The van der Waals surface area contributed by atoms with Gasteiger partial charge in [-0.1, -0.05) is 13.8 Å². The van der Waals surface area contributed by atoms with Crippen molar-refractivity contribution in [1.82, 2.24) is 4.90 Å². The Morgan fingerprint density at radius 2 is 1.85 bits per heavy atom. The van der Waals surface area contributed by atoms with Gasteiger partial charge in [0.05, 0.1) is 37.6 Å². The molecule has 1 saturated heterocycles. The number of piperidine rings is 1. The number of ether oxygens (including phenoxy) is 5. The minimum absolute atomic E-state index is 0.0413. The van der Waals surface area contributed by atoms with Gasteiger partial charge < -0.3 is 28.8 Å². The Morgan fingerprint density at radius 3 is 2.52 bits per heavy atom. The average molecular weight is 556 g/mol. The third kappa shape index (κ3) is 3.14. The summed E-state index contributed by atoms with van der Waals surface area (Å²) in [4.78, 5) is 16.4. The van der Waals surface area contributed by atoms with E-state index in [0.29, 0.717) is 29.4 Å². The van der Waals surface area contributed by atoms with Crippen LogP contribution < -0.4 is 9.47 Å². The quantitative estimate of drug-likeness (QED) is 0.509. The first-order valence-electron chi connectivity index (χ1n) is 15.2. The lowest BCUT2D eigenvalue weighted by Gasteiger charge is -2.69. The summed E-state index contributed by atoms with van der Waals surface area (Å²) in [5.74, 6) is 1.39. The summed E-state index contributed by atoms with van der Waals surface area (Å²) in [6, 6.07) is 5.41. The zero-order valence-corrected chi connectivity index (χ0v) is 24.7. The molecule has 0 amide bonds. The van der Waals surface area contributed by atoms with Crippen molar-refractivity contribution in [1.29, 1.82) is 0 Å². The first-order valence-corrected chi connectivity index (χ1v) is 15.2. The highest BCUT2D eigenvalue weighted by Gasteiger charge is 2.83. The summed E-state index contributed by atoms with van der Waals surface area (Å²) >= 11 is 0. The molecule has 1 N–H and O–H groups in total. The van der Waals surface area contributed by atoms with Gasteiger partial charge in [0, 0.05) is 56.4 Å². The zero-order chi connectivity index (χ0) is 28.2. The SMILES string of the molecule is CCN1C[C@]2(C)CC[C@H](OC)[C@]34C1[C@H](C[C@H]23)[C@@]1(O)C[C@H](OC)[C@H]2C[C@@H]4[C@@H]1[C@H]2OC(=O)c1ccc(OC)c(OC)c1. The van der Waals surface area contributed by atoms with E-state index < -0.39 is 17.7 Å². The number of methoxy groups -OCH3 is 4. The summed E-state index contributed by atoms with van der Waals surface area (Å²) < 4.78 is 29.8. The van der Waals surface area contributed by atoms with E-state index in [2.05, 4.69) is 18.7 Å². The molecule has 5 aliphatic carbocycles. The van der Waals surface area contributed by atoms with E-state index in [-0.39, 0.29) is 52.8 Å². The molecule has 6 fully saturated rings. The Bertz CT molecular complexity index is 1190. The van der Waals surface area contributed by atoms with Crippen molar-refractivity contribution in [3.05, 3.63) is 23.8 Å². The molecule has 5 saturated carbocycles. The number of benzene rings is 1. The molecule has 12 atom stereocenters. The second kappa shape index (κ2) is 9.06. The highest BCUT2D eigenvalue weighted by Crippen LogP contribution is 2.79. The van der Waals surface area contributed by atoms with E-state index >= 15 is 0 Å². The summed E-state index contributed by atoms with van der Waals surface area (Å²) in [5, 5.41) is 12.9. The molecule has 0 radical (unpaired) electrons. The monoisotopic (exact) mass is 555 g/mol. The Hall–Kier alpha value is -1.87. The van der Waals surface area contributed by atoms with Crippen LogP contribution >= 0.6 is 0 Å². The van der Waals surface area contributed by atoms with Crippen molar-refractivity contribution >= 4 is 5.97 Å². The number of rotatable bonds is 7. The number of aliphatic hydroxyl groups is 1. The summed E-state index contributed by atoms with van der Waals surface area (Å²) in [5.41, 5.74) is -0.381. The van der Waals surface area contributed by atoms with Crippen LogP contribution in [0.2, 0.25) is 0 Å². The van der Waals surface area contributed by atoms with Crippen molar-refractivity contribution in [2.45, 2.75) is 75.9 Å². The maximum absolute atomic E-state index is 13.7. The molecule has 7 bridgehead atoms.